The van der Waals surface area contributed by atoms with Gasteiger partial charge in [0.2, 0.25) is 5.88 Å². The molecular weight excluding hydrogens is 310 g/mol. The summed E-state index contributed by atoms with van der Waals surface area (Å²) in [5, 5.41) is 10.6. The van der Waals surface area contributed by atoms with Crippen molar-refractivity contribution in [1.29, 1.82) is 0 Å². The smallest absolute Gasteiger partial charge is 0.258 e. The van der Waals surface area contributed by atoms with Crippen molar-refractivity contribution < 1.29 is 9.53 Å². The van der Waals surface area contributed by atoms with Crippen LogP contribution in [0.25, 0.3) is 10.1 Å². The van der Waals surface area contributed by atoms with Gasteiger partial charge < -0.3 is 10.1 Å². The number of thiophene rings is 1. The summed E-state index contributed by atoms with van der Waals surface area (Å²) in [6.45, 7) is 2.01. The first kappa shape index (κ1) is 15.6. The summed E-state index contributed by atoms with van der Waals surface area (Å²) in [5.41, 5.74) is 1.72. The third-order valence-electron chi connectivity index (χ3n) is 3.70. The molecule has 6 heteroatoms. The number of rotatable bonds is 5. The van der Waals surface area contributed by atoms with E-state index in [9.17, 15) is 4.79 Å². The first-order valence-electron chi connectivity index (χ1n) is 7.42. The van der Waals surface area contributed by atoms with Gasteiger partial charge in [-0.05, 0) is 35.7 Å². The number of aromatic nitrogens is 2. The highest BCUT2D eigenvalue weighted by Crippen LogP contribution is 2.26. The first-order chi connectivity index (χ1) is 11.1. The van der Waals surface area contributed by atoms with E-state index in [1.54, 1.807) is 29.3 Å². The van der Waals surface area contributed by atoms with Crippen molar-refractivity contribution in [2.24, 2.45) is 7.05 Å². The lowest BCUT2D eigenvalue weighted by atomic mass is 10.1. The van der Waals surface area contributed by atoms with Crippen LogP contribution in [0, 0.1) is 0 Å². The fourth-order valence-corrected chi connectivity index (χ4v) is 3.62. The molecule has 1 N–H and O–H groups in total. The Morgan fingerprint density at radius 2 is 2.22 bits per heavy atom. The van der Waals surface area contributed by atoms with Crippen molar-refractivity contribution >= 4 is 27.3 Å². The van der Waals surface area contributed by atoms with Gasteiger partial charge in [0.05, 0.1) is 7.11 Å². The Hall–Kier alpha value is -2.34. The van der Waals surface area contributed by atoms with E-state index in [1.807, 2.05) is 19.1 Å². The van der Waals surface area contributed by atoms with Crippen molar-refractivity contribution in [3.63, 3.8) is 0 Å². The summed E-state index contributed by atoms with van der Waals surface area (Å²) in [6.07, 6.45) is 2.46. The maximum Gasteiger partial charge on any atom is 0.258 e. The van der Waals surface area contributed by atoms with E-state index in [4.69, 9.17) is 4.74 Å². The molecule has 0 aliphatic heterocycles. The van der Waals surface area contributed by atoms with Gasteiger partial charge in [-0.1, -0.05) is 18.2 Å². The largest absolute Gasteiger partial charge is 0.479 e. The monoisotopic (exact) mass is 329 g/mol. The van der Waals surface area contributed by atoms with Gasteiger partial charge in [-0.2, -0.15) is 0 Å². The Morgan fingerprint density at radius 3 is 3.00 bits per heavy atom. The molecule has 0 fully saturated rings. The predicted molar refractivity (Wildman–Crippen MR) is 92.2 cm³/mol. The van der Waals surface area contributed by atoms with Gasteiger partial charge in [0.1, 0.15) is 5.56 Å². The van der Waals surface area contributed by atoms with Crippen molar-refractivity contribution in [3.05, 3.63) is 47.0 Å². The van der Waals surface area contributed by atoms with Crippen LogP contribution in [0.15, 0.2) is 35.8 Å². The number of methoxy groups -OCH3 is 1. The molecule has 1 aromatic carbocycles. The van der Waals surface area contributed by atoms with E-state index in [2.05, 4.69) is 27.9 Å². The molecule has 0 spiro atoms. The van der Waals surface area contributed by atoms with Gasteiger partial charge in [0.15, 0.2) is 0 Å². The Bertz CT molecular complexity index is 837. The van der Waals surface area contributed by atoms with E-state index in [0.717, 1.165) is 6.42 Å². The van der Waals surface area contributed by atoms with Gasteiger partial charge in [0.25, 0.3) is 5.91 Å². The standard InChI is InChI=1S/C17H19N3O2S/c1-11(8-12-10-23-15-7-5-4-6-13(12)15)18-16(21)14-9-20(2)19-17(14)22-3/h4-7,9-11H,8H2,1-3H3,(H,18,21)/t11-/m0/s1. The predicted octanol–water partition coefficient (Wildman–Crippen LogP) is 3.00. The molecule has 0 radical (unpaired) electrons. The number of amides is 1. The number of nitrogens with one attached hydrogen (secondary N) is 1. The summed E-state index contributed by atoms with van der Waals surface area (Å²) >= 11 is 1.73. The zero-order valence-corrected chi connectivity index (χ0v) is 14.2. The number of aryl methyl sites for hydroxylation is 1. The maximum atomic E-state index is 12.4. The molecule has 0 aliphatic carbocycles. The Balaban J connectivity index is 1.71. The third-order valence-corrected chi connectivity index (χ3v) is 4.71. The highest BCUT2D eigenvalue weighted by Gasteiger charge is 2.18. The van der Waals surface area contributed by atoms with Crippen LogP contribution < -0.4 is 10.1 Å². The molecule has 2 heterocycles. The molecular formula is C17H19N3O2S. The average molecular weight is 329 g/mol. The Labute approximate surface area is 138 Å². The molecule has 0 bridgehead atoms. The van der Waals surface area contributed by atoms with Gasteiger partial charge in [-0.15, -0.1) is 16.4 Å². The molecule has 0 saturated carbocycles. The minimum atomic E-state index is -0.165. The molecule has 120 valence electrons. The van der Waals surface area contributed by atoms with Crippen LogP contribution in [0.3, 0.4) is 0 Å². The van der Waals surface area contributed by atoms with Crippen LogP contribution in [0.4, 0.5) is 0 Å². The third kappa shape index (κ3) is 3.22. The van der Waals surface area contributed by atoms with Gasteiger partial charge in [-0.3, -0.25) is 9.48 Å². The number of benzene rings is 1. The van der Waals surface area contributed by atoms with E-state index in [0.29, 0.717) is 11.4 Å². The van der Waals surface area contributed by atoms with Crippen LogP contribution in [0.2, 0.25) is 0 Å². The topological polar surface area (TPSA) is 56.2 Å². The van der Waals surface area contributed by atoms with E-state index < -0.39 is 0 Å². The lowest BCUT2D eigenvalue weighted by molar-refractivity contribution is 0.0937. The van der Waals surface area contributed by atoms with Gasteiger partial charge in [-0.25, -0.2) is 0 Å². The van der Waals surface area contributed by atoms with E-state index >= 15 is 0 Å². The molecule has 5 nitrogen and oxygen atoms in total. The zero-order chi connectivity index (χ0) is 16.4. The molecule has 0 unspecified atom stereocenters. The Morgan fingerprint density at radius 1 is 1.43 bits per heavy atom. The van der Waals surface area contributed by atoms with Crippen LogP contribution >= 0.6 is 11.3 Å². The highest BCUT2D eigenvalue weighted by atomic mass is 32.1. The van der Waals surface area contributed by atoms with Crippen LogP contribution in [-0.2, 0) is 13.5 Å². The number of hydrogen-bond donors (Lipinski definition) is 1. The minimum absolute atomic E-state index is 0.0189. The normalized spacial score (nSPS) is 12.3. The Kier molecular flexibility index (Phi) is 4.34. The second-order valence-corrected chi connectivity index (χ2v) is 6.47. The molecule has 3 aromatic rings. The number of ether oxygens (including phenoxy) is 1. The number of hydrogen-bond acceptors (Lipinski definition) is 4. The van der Waals surface area contributed by atoms with Crippen LogP contribution in [0.5, 0.6) is 5.88 Å². The van der Waals surface area contributed by atoms with Crippen molar-refractivity contribution in [3.8, 4) is 5.88 Å². The zero-order valence-electron chi connectivity index (χ0n) is 13.4. The molecule has 0 aliphatic rings. The first-order valence-corrected chi connectivity index (χ1v) is 8.30. The quantitative estimate of drug-likeness (QED) is 0.783. The van der Waals surface area contributed by atoms with Crippen molar-refractivity contribution in [2.75, 3.05) is 7.11 Å². The average Bonchev–Trinajstić information content (AvgIpc) is 3.11. The van der Waals surface area contributed by atoms with Gasteiger partial charge >= 0.3 is 0 Å². The summed E-state index contributed by atoms with van der Waals surface area (Å²) in [4.78, 5) is 12.4. The second-order valence-electron chi connectivity index (χ2n) is 5.56. The summed E-state index contributed by atoms with van der Waals surface area (Å²) in [7, 11) is 3.28. The fourth-order valence-electron chi connectivity index (χ4n) is 2.65. The molecule has 23 heavy (non-hydrogen) atoms. The lowest BCUT2D eigenvalue weighted by Gasteiger charge is -2.13. The number of carbonyl (C=O) groups excluding carboxylic acids is 1. The van der Waals surface area contributed by atoms with Crippen LogP contribution in [-0.4, -0.2) is 28.8 Å². The SMILES string of the molecule is COc1nn(C)cc1C(=O)N[C@@H](C)Cc1csc2ccccc12. The number of carbonyl (C=O) groups is 1. The van der Waals surface area contributed by atoms with Gasteiger partial charge in [0, 0.05) is 24.0 Å². The molecule has 0 saturated heterocycles. The molecule has 2 aromatic heterocycles. The summed E-state index contributed by atoms with van der Waals surface area (Å²) < 4.78 is 7.99. The second kappa shape index (κ2) is 6.42. The molecule has 1 atom stereocenters. The minimum Gasteiger partial charge on any atom is -0.479 e. The van der Waals surface area contributed by atoms with Crippen molar-refractivity contribution in [2.45, 2.75) is 19.4 Å². The fraction of sp³-hybridized carbons (Fsp3) is 0.294. The lowest BCUT2D eigenvalue weighted by Crippen LogP contribution is -2.34. The summed E-state index contributed by atoms with van der Waals surface area (Å²) in [5.74, 6) is 0.181. The molecule has 1 amide bonds. The maximum absolute atomic E-state index is 12.4. The molecule has 3 rings (SSSR count). The highest BCUT2D eigenvalue weighted by molar-refractivity contribution is 7.17. The van der Waals surface area contributed by atoms with E-state index in [1.165, 1.54) is 22.8 Å². The summed E-state index contributed by atoms with van der Waals surface area (Å²) in [6, 6.07) is 8.35. The van der Waals surface area contributed by atoms with E-state index in [-0.39, 0.29) is 11.9 Å². The number of nitrogens with zero attached hydrogens (tertiary/aromatic N) is 2. The number of fused-ring (bicyclic) bond motifs is 1. The van der Waals surface area contributed by atoms with Crippen molar-refractivity contribution in [1.82, 2.24) is 15.1 Å². The van der Waals surface area contributed by atoms with Crippen LogP contribution in [0.1, 0.15) is 22.8 Å².